The molecule has 0 unspecified atom stereocenters. The first-order chi connectivity index (χ1) is 9.77. The minimum atomic E-state index is -3.89. The van der Waals surface area contributed by atoms with Gasteiger partial charge in [0, 0.05) is 20.1 Å². The predicted octanol–water partition coefficient (Wildman–Crippen LogP) is 3.98. The van der Waals surface area contributed by atoms with Gasteiger partial charge in [-0.3, -0.25) is 0 Å². The lowest BCUT2D eigenvalue weighted by Gasteiger charge is -2.11. The molecule has 2 aromatic rings. The van der Waals surface area contributed by atoms with E-state index >= 15 is 0 Å². The van der Waals surface area contributed by atoms with Crippen molar-refractivity contribution in [2.24, 2.45) is 5.14 Å². The van der Waals surface area contributed by atoms with Gasteiger partial charge in [0.1, 0.15) is 17.3 Å². The van der Waals surface area contributed by atoms with Crippen LogP contribution in [0.1, 0.15) is 5.56 Å². The fourth-order valence-electron chi connectivity index (χ4n) is 1.63. The van der Waals surface area contributed by atoms with Crippen LogP contribution in [0.4, 0.5) is 0 Å². The molecule has 4 nitrogen and oxygen atoms in total. The molecule has 2 aromatic carbocycles. The van der Waals surface area contributed by atoms with E-state index in [1.165, 1.54) is 12.1 Å². The number of rotatable bonds is 4. The van der Waals surface area contributed by atoms with Gasteiger partial charge in [-0.15, -0.1) is 0 Å². The number of hydrogen-bond acceptors (Lipinski definition) is 3. The number of ether oxygens (including phenoxy) is 1. The summed E-state index contributed by atoms with van der Waals surface area (Å²) in [4.78, 5) is -0.102. The van der Waals surface area contributed by atoms with Crippen LogP contribution in [0.5, 0.6) is 5.75 Å². The van der Waals surface area contributed by atoms with Gasteiger partial charge < -0.3 is 4.74 Å². The van der Waals surface area contributed by atoms with Gasteiger partial charge in [-0.05, 0) is 36.4 Å². The molecular weight excluding hydrogens is 401 g/mol. The normalized spacial score (nSPS) is 11.4. The molecule has 21 heavy (non-hydrogen) atoms. The third kappa shape index (κ3) is 4.34. The highest BCUT2D eigenvalue weighted by Crippen LogP contribution is 2.28. The summed E-state index contributed by atoms with van der Waals surface area (Å²) in [6.07, 6.45) is 0. The van der Waals surface area contributed by atoms with Gasteiger partial charge in [-0.25, -0.2) is 13.6 Å². The van der Waals surface area contributed by atoms with E-state index < -0.39 is 10.0 Å². The zero-order valence-corrected chi connectivity index (χ0v) is 14.4. The molecule has 0 bridgehead atoms. The van der Waals surface area contributed by atoms with Crippen LogP contribution in [0.3, 0.4) is 0 Å². The van der Waals surface area contributed by atoms with E-state index in [1.807, 2.05) is 0 Å². The Morgan fingerprint density at radius 1 is 1.14 bits per heavy atom. The monoisotopic (exact) mass is 409 g/mol. The third-order valence-corrected chi connectivity index (χ3v) is 4.63. The summed E-state index contributed by atoms with van der Waals surface area (Å²) < 4.78 is 29.2. The minimum absolute atomic E-state index is 0.0730. The van der Waals surface area contributed by atoms with E-state index in [4.69, 9.17) is 33.1 Å². The number of halogens is 3. The summed E-state index contributed by atoms with van der Waals surface area (Å²) in [6, 6.07) is 9.50. The maximum atomic E-state index is 11.6. The summed E-state index contributed by atoms with van der Waals surface area (Å²) in [5, 5.41) is 6.17. The fourth-order valence-corrected chi connectivity index (χ4v) is 3.21. The van der Waals surface area contributed by atoms with E-state index in [-0.39, 0.29) is 17.3 Å². The standard InChI is InChI=1S/C13H10BrCl2NO3S/c14-9-1-4-12(13(6-9)21(17,18)19)20-7-8-5-10(15)2-3-11(8)16/h1-6H,7H2,(H2,17,18,19). The zero-order chi connectivity index (χ0) is 15.6. The van der Waals surface area contributed by atoms with Crippen LogP contribution in [0, 0.1) is 0 Å². The van der Waals surface area contributed by atoms with Gasteiger partial charge in [0.2, 0.25) is 10.0 Å². The summed E-state index contributed by atoms with van der Waals surface area (Å²) in [6.45, 7) is 0.0730. The first-order valence-corrected chi connectivity index (χ1v) is 8.76. The quantitative estimate of drug-likeness (QED) is 0.828. The van der Waals surface area contributed by atoms with E-state index in [2.05, 4.69) is 15.9 Å². The van der Waals surface area contributed by atoms with Gasteiger partial charge in [-0.2, -0.15) is 0 Å². The zero-order valence-electron chi connectivity index (χ0n) is 10.5. The Morgan fingerprint density at radius 2 is 1.86 bits per heavy atom. The van der Waals surface area contributed by atoms with Gasteiger partial charge in [0.25, 0.3) is 0 Å². The Hall–Kier alpha value is -0.790. The molecule has 0 aliphatic heterocycles. The van der Waals surface area contributed by atoms with E-state index in [0.29, 0.717) is 20.1 Å². The molecule has 112 valence electrons. The highest BCUT2D eigenvalue weighted by atomic mass is 79.9. The number of primary sulfonamides is 1. The van der Waals surface area contributed by atoms with Gasteiger partial charge in [-0.1, -0.05) is 39.1 Å². The van der Waals surface area contributed by atoms with Crippen molar-refractivity contribution in [2.45, 2.75) is 11.5 Å². The van der Waals surface area contributed by atoms with Crippen LogP contribution < -0.4 is 9.88 Å². The Labute approximate surface area is 141 Å². The van der Waals surface area contributed by atoms with E-state index in [9.17, 15) is 8.42 Å². The van der Waals surface area contributed by atoms with Crippen molar-refractivity contribution in [1.29, 1.82) is 0 Å². The molecule has 2 N–H and O–H groups in total. The average Bonchev–Trinajstić information content (AvgIpc) is 2.40. The lowest BCUT2D eigenvalue weighted by atomic mass is 10.2. The van der Waals surface area contributed by atoms with Crippen molar-refractivity contribution in [2.75, 3.05) is 0 Å². The van der Waals surface area contributed by atoms with Crippen molar-refractivity contribution in [3.63, 3.8) is 0 Å². The van der Waals surface area contributed by atoms with Crippen molar-refractivity contribution in [1.82, 2.24) is 0 Å². The molecule has 0 atom stereocenters. The molecule has 0 spiro atoms. The second-order valence-corrected chi connectivity index (χ2v) is 7.45. The molecule has 0 aliphatic carbocycles. The number of sulfonamides is 1. The molecule has 0 heterocycles. The van der Waals surface area contributed by atoms with E-state index in [1.54, 1.807) is 24.3 Å². The van der Waals surface area contributed by atoms with Crippen LogP contribution in [-0.4, -0.2) is 8.42 Å². The fraction of sp³-hybridized carbons (Fsp3) is 0.0769. The summed E-state index contributed by atoms with van der Waals surface area (Å²) in [7, 11) is -3.89. The maximum Gasteiger partial charge on any atom is 0.241 e. The van der Waals surface area contributed by atoms with Crippen molar-refractivity contribution in [3.8, 4) is 5.75 Å². The van der Waals surface area contributed by atoms with Crippen LogP contribution >= 0.6 is 39.1 Å². The smallest absolute Gasteiger partial charge is 0.241 e. The van der Waals surface area contributed by atoms with Crippen LogP contribution in [-0.2, 0) is 16.6 Å². The minimum Gasteiger partial charge on any atom is -0.487 e. The van der Waals surface area contributed by atoms with Crippen LogP contribution in [0.25, 0.3) is 0 Å². The largest absolute Gasteiger partial charge is 0.487 e. The number of nitrogens with two attached hydrogens (primary N) is 1. The third-order valence-electron chi connectivity index (χ3n) is 2.60. The summed E-state index contributed by atoms with van der Waals surface area (Å²) in [5.74, 6) is 0.150. The van der Waals surface area contributed by atoms with Crippen LogP contribution in [0.2, 0.25) is 10.0 Å². The molecule has 0 fully saturated rings. The second-order valence-electron chi connectivity index (χ2n) is 4.16. The number of benzene rings is 2. The molecular formula is C13H10BrCl2NO3S. The van der Waals surface area contributed by atoms with Gasteiger partial charge >= 0.3 is 0 Å². The number of hydrogen-bond donors (Lipinski definition) is 1. The molecule has 0 radical (unpaired) electrons. The van der Waals surface area contributed by atoms with Crippen molar-refractivity contribution >= 4 is 49.2 Å². The Balaban J connectivity index is 2.30. The summed E-state index contributed by atoms with van der Waals surface area (Å²) in [5.41, 5.74) is 0.646. The Bertz CT molecular complexity index is 781. The first kappa shape index (κ1) is 16.6. The lowest BCUT2D eigenvalue weighted by Crippen LogP contribution is -2.14. The Kier molecular flexibility index (Phi) is 5.16. The van der Waals surface area contributed by atoms with Gasteiger partial charge in [0.05, 0.1) is 0 Å². The average molecular weight is 411 g/mol. The predicted molar refractivity (Wildman–Crippen MR) is 86.3 cm³/mol. The van der Waals surface area contributed by atoms with Gasteiger partial charge in [0.15, 0.2) is 0 Å². The maximum absolute atomic E-state index is 11.6. The molecule has 0 aromatic heterocycles. The molecule has 2 rings (SSSR count). The van der Waals surface area contributed by atoms with E-state index in [0.717, 1.165) is 0 Å². The van der Waals surface area contributed by atoms with Crippen molar-refractivity contribution in [3.05, 3.63) is 56.5 Å². The first-order valence-electron chi connectivity index (χ1n) is 5.66. The molecule has 0 aliphatic rings. The van der Waals surface area contributed by atoms with Crippen LogP contribution in [0.15, 0.2) is 45.8 Å². The Morgan fingerprint density at radius 3 is 2.52 bits per heavy atom. The second kappa shape index (κ2) is 6.54. The highest BCUT2D eigenvalue weighted by Gasteiger charge is 2.16. The molecule has 0 saturated carbocycles. The lowest BCUT2D eigenvalue weighted by molar-refractivity contribution is 0.298. The molecule has 0 saturated heterocycles. The molecule has 0 amide bonds. The highest BCUT2D eigenvalue weighted by molar-refractivity contribution is 9.10. The summed E-state index contributed by atoms with van der Waals surface area (Å²) >= 11 is 15.1. The topological polar surface area (TPSA) is 69.4 Å². The molecule has 8 heteroatoms. The SMILES string of the molecule is NS(=O)(=O)c1cc(Br)ccc1OCc1cc(Cl)ccc1Cl. The van der Waals surface area contributed by atoms with Crippen molar-refractivity contribution < 1.29 is 13.2 Å².